The van der Waals surface area contributed by atoms with Gasteiger partial charge in [0.2, 0.25) is 0 Å². The smallest absolute Gasteiger partial charge is 0.341 e. The summed E-state index contributed by atoms with van der Waals surface area (Å²) < 4.78 is 6.62. The van der Waals surface area contributed by atoms with Gasteiger partial charge in [-0.05, 0) is 31.5 Å². The molecule has 0 aromatic carbocycles. The van der Waals surface area contributed by atoms with Gasteiger partial charge in [0.15, 0.2) is 5.65 Å². The van der Waals surface area contributed by atoms with Crippen molar-refractivity contribution in [2.45, 2.75) is 25.3 Å². The number of nitrogens with one attached hydrogen (secondary N) is 1. The minimum Gasteiger partial charge on any atom is -0.465 e. The molecule has 1 fully saturated rings. The van der Waals surface area contributed by atoms with Crippen LogP contribution in [0.15, 0.2) is 18.3 Å². The molecule has 1 N–H and O–H groups in total. The van der Waals surface area contributed by atoms with E-state index in [0.717, 1.165) is 25.2 Å². The summed E-state index contributed by atoms with van der Waals surface area (Å²) in [6.45, 7) is 1.06. The van der Waals surface area contributed by atoms with Crippen molar-refractivity contribution in [1.82, 2.24) is 19.9 Å². The lowest BCUT2D eigenvalue weighted by Crippen LogP contribution is -2.24. The van der Waals surface area contributed by atoms with E-state index in [1.165, 1.54) is 13.5 Å². The number of fused-ring (bicyclic) bond motifs is 1. The fourth-order valence-corrected chi connectivity index (χ4v) is 2.52. The molecule has 6 heteroatoms. The lowest BCUT2D eigenvalue weighted by molar-refractivity contribution is 0.0602. The van der Waals surface area contributed by atoms with Gasteiger partial charge in [0, 0.05) is 18.7 Å². The van der Waals surface area contributed by atoms with E-state index >= 15 is 0 Å². The van der Waals surface area contributed by atoms with Crippen molar-refractivity contribution < 1.29 is 9.53 Å². The van der Waals surface area contributed by atoms with Gasteiger partial charge in [0.25, 0.3) is 0 Å². The molecule has 1 saturated heterocycles. The summed E-state index contributed by atoms with van der Waals surface area (Å²) in [5, 5.41) is 11.8. The Morgan fingerprint density at radius 1 is 1.58 bits per heavy atom. The fraction of sp³-hybridized carbons (Fsp3) is 0.462. The number of esters is 1. The first-order valence-corrected chi connectivity index (χ1v) is 6.44. The number of rotatable bonds is 3. The van der Waals surface area contributed by atoms with Gasteiger partial charge < -0.3 is 10.1 Å². The molecule has 0 bridgehead atoms. The molecule has 0 amide bonds. The Hall–Kier alpha value is -1.95. The zero-order valence-corrected chi connectivity index (χ0v) is 10.8. The molecule has 19 heavy (non-hydrogen) atoms. The van der Waals surface area contributed by atoms with Crippen LogP contribution < -0.4 is 5.32 Å². The summed E-state index contributed by atoms with van der Waals surface area (Å²) in [5.74, 6) is 0.490. The first-order chi connectivity index (χ1) is 9.29. The number of aromatic nitrogens is 3. The van der Waals surface area contributed by atoms with Gasteiger partial charge in [-0.25, -0.2) is 4.79 Å². The molecule has 100 valence electrons. The van der Waals surface area contributed by atoms with Crippen LogP contribution in [0.5, 0.6) is 0 Å². The van der Waals surface area contributed by atoms with Gasteiger partial charge in [0.05, 0.1) is 7.11 Å². The van der Waals surface area contributed by atoms with Crippen LogP contribution in [0.25, 0.3) is 5.65 Å². The highest BCUT2D eigenvalue weighted by atomic mass is 16.5. The third kappa shape index (κ3) is 2.19. The average molecular weight is 260 g/mol. The Morgan fingerprint density at radius 2 is 2.47 bits per heavy atom. The van der Waals surface area contributed by atoms with E-state index in [4.69, 9.17) is 4.74 Å². The van der Waals surface area contributed by atoms with E-state index < -0.39 is 0 Å². The molecule has 0 spiro atoms. The van der Waals surface area contributed by atoms with Gasteiger partial charge in [0.1, 0.15) is 11.4 Å². The van der Waals surface area contributed by atoms with Crippen LogP contribution in [-0.2, 0) is 11.2 Å². The average Bonchev–Trinajstić information content (AvgIpc) is 3.08. The van der Waals surface area contributed by atoms with Crippen molar-refractivity contribution in [3.8, 4) is 0 Å². The van der Waals surface area contributed by atoms with Gasteiger partial charge in [-0.15, -0.1) is 10.2 Å². The van der Waals surface area contributed by atoms with Crippen LogP contribution in [0.2, 0.25) is 0 Å². The van der Waals surface area contributed by atoms with E-state index in [2.05, 4.69) is 15.5 Å². The number of carbonyl (C=O) groups excluding carboxylic acids is 1. The molecule has 1 atom stereocenters. The minimum absolute atomic E-state index is 0.386. The van der Waals surface area contributed by atoms with Crippen molar-refractivity contribution in [2.75, 3.05) is 13.7 Å². The third-order valence-electron chi connectivity index (χ3n) is 3.50. The maximum Gasteiger partial charge on any atom is 0.341 e. The maximum absolute atomic E-state index is 11.7. The number of methoxy groups -OCH3 is 1. The molecule has 3 rings (SSSR count). The summed E-state index contributed by atoms with van der Waals surface area (Å²) in [6.07, 6.45) is 5.07. The van der Waals surface area contributed by atoms with Crippen LogP contribution in [-0.4, -0.2) is 40.3 Å². The molecule has 1 aliphatic heterocycles. The third-order valence-corrected chi connectivity index (χ3v) is 3.50. The quantitative estimate of drug-likeness (QED) is 0.827. The highest BCUT2D eigenvalue weighted by molar-refractivity contribution is 5.95. The topological polar surface area (TPSA) is 68.5 Å². The molecule has 0 radical (unpaired) electrons. The fourth-order valence-electron chi connectivity index (χ4n) is 2.52. The number of hydrogen-bond donors (Lipinski definition) is 1. The van der Waals surface area contributed by atoms with Crippen LogP contribution in [0, 0.1) is 0 Å². The van der Waals surface area contributed by atoms with Crippen molar-refractivity contribution in [2.24, 2.45) is 0 Å². The number of ether oxygens (including phenoxy) is 1. The number of carbonyl (C=O) groups is 1. The lowest BCUT2D eigenvalue weighted by atomic mass is 10.1. The Kier molecular flexibility index (Phi) is 3.16. The van der Waals surface area contributed by atoms with E-state index in [0.29, 0.717) is 17.3 Å². The molecule has 2 aromatic heterocycles. The minimum atomic E-state index is -0.386. The van der Waals surface area contributed by atoms with Gasteiger partial charge in [-0.2, -0.15) is 0 Å². The summed E-state index contributed by atoms with van der Waals surface area (Å²) in [5.41, 5.74) is 1.01. The Bertz CT molecular complexity index is 602. The second-order valence-corrected chi connectivity index (χ2v) is 4.72. The second-order valence-electron chi connectivity index (χ2n) is 4.72. The molecular weight excluding hydrogens is 244 g/mol. The maximum atomic E-state index is 11.7. The molecule has 2 aromatic rings. The van der Waals surface area contributed by atoms with Crippen molar-refractivity contribution in [3.63, 3.8) is 0 Å². The van der Waals surface area contributed by atoms with Gasteiger partial charge in [-0.1, -0.05) is 0 Å². The van der Waals surface area contributed by atoms with Crippen molar-refractivity contribution in [3.05, 3.63) is 29.7 Å². The predicted molar refractivity (Wildman–Crippen MR) is 69.1 cm³/mol. The Balaban J connectivity index is 1.96. The van der Waals surface area contributed by atoms with Crippen molar-refractivity contribution in [1.29, 1.82) is 0 Å². The molecule has 6 nitrogen and oxygen atoms in total. The first-order valence-electron chi connectivity index (χ1n) is 6.44. The summed E-state index contributed by atoms with van der Waals surface area (Å²) in [4.78, 5) is 11.7. The summed E-state index contributed by atoms with van der Waals surface area (Å²) in [6, 6.07) is 3.97. The predicted octanol–water partition coefficient (Wildman–Crippen LogP) is 0.810. The van der Waals surface area contributed by atoms with E-state index in [9.17, 15) is 4.79 Å². The lowest BCUT2D eigenvalue weighted by Gasteiger charge is -2.08. The number of hydrogen-bond acceptors (Lipinski definition) is 5. The number of pyridine rings is 1. The van der Waals surface area contributed by atoms with E-state index in [1.807, 2.05) is 16.7 Å². The SMILES string of the molecule is COC(=O)c1cccn2c(CC3CCCN3)nnc12. The normalized spacial score (nSPS) is 18.9. The Labute approximate surface area is 110 Å². The highest BCUT2D eigenvalue weighted by Crippen LogP contribution is 2.15. The zero-order valence-electron chi connectivity index (χ0n) is 10.8. The molecule has 3 heterocycles. The highest BCUT2D eigenvalue weighted by Gasteiger charge is 2.19. The monoisotopic (exact) mass is 260 g/mol. The molecule has 1 unspecified atom stereocenters. The standard InChI is InChI=1S/C13H16N4O2/c1-19-13(18)10-5-3-7-17-11(15-16-12(10)17)8-9-4-2-6-14-9/h3,5,7,9,14H,2,4,6,8H2,1H3. The Morgan fingerprint density at radius 3 is 3.21 bits per heavy atom. The molecule has 1 aliphatic rings. The molecular formula is C13H16N4O2. The van der Waals surface area contributed by atoms with E-state index in [-0.39, 0.29) is 5.97 Å². The zero-order chi connectivity index (χ0) is 13.2. The van der Waals surface area contributed by atoms with Crippen LogP contribution >= 0.6 is 0 Å². The van der Waals surface area contributed by atoms with Crippen LogP contribution in [0.3, 0.4) is 0 Å². The van der Waals surface area contributed by atoms with Gasteiger partial charge in [-0.3, -0.25) is 4.40 Å². The van der Waals surface area contributed by atoms with Crippen LogP contribution in [0.1, 0.15) is 29.0 Å². The molecule has 0 aliphatic carbocycles. The summed E-state index contributed by atoms with van der Waals surface area (Å²) >= 11 is 0. The largest absolute Gasteiger partial charge is 0.465 e. The second kappa shape index (κ2) is 4.97. The van der Waals surface area contributed by atoms with Crippen LogP contribution in [0.4, 0.5) is 0 Å². The van der Waals surface area contributed by atoms with Crippen molar-refractivity contribution >= 4 is 11.6 Å². The van der Waals surface area contributed by atoms with E-state index in [1.54, 1.807) is 6.07 Å². The van der Waals surface area contributed by atoms with Gasteiger partial charge >= 0.3 is 5.97 Å². The summed E-state index contributed by atoms with van der Waals surface area (Å²) in [7, 11) is 1.37. The first kappa shape index (κ1) is 12.1. The number of nitrogens with zero attached hydrogens (tertiary/aromatic N) is 3. The molecule has 0 saturated carbocycles.